The Balaban J connectivity index is 0.000000415. The zero-order chi connectivity index (χ0) is 17.8. The van der Waals surface area contributed by atoms with Crippen LogP contribution < -0.4 is 5.73 Å². The molecule has 0 radical (unpaired) electrons. The summed E-state index contributed by atoms with van der Waals surface area (Å²) in [5.74, 6) is 0. The van der Waals surface area contributed by atoms with Gasteiger partial charge in [-0.15, -0.1) is 0 Å². The molecule has 4 rings (SSSR count). The first kappa shape index (κ1) is 17.0. The SMILES string of the molecule is Nc1ccc2ccccc2c1-c1cccc2ccccc12.OB(O)O. The molecule has 0 spiro atoms. The highest BCUT2D eigenvalue weighted by Crippen LogP contribution is 2.37. The third-order valence-electron chi connectivity index (χ3n) is 4.02. The average Bonchev–Trinajstić information content (AvgIpc) is 2.61. The Morgan fingerprint density at radius 2 is 1.12 bits per heavy atom. The Kier molecular flexibility index (Phi) is 5.00. The second kappa shape index (κ2) is 7.36. The summed E-state index contributed by atoms with van der Waals surface area (Å²) in [4.78, 5) is 0. The number of hydrogen-bond acceptors (Lipinski definition) is 4. The number of rotatable bonds is 1. The number of fused-ring (bicyclic) bond motifs is 2. The average molecular weight is 331 g/mol. The van der Waals surface area contributed by atoms with E-state index in [0.29, 0.717) is 0 Å². The van der Waals surface area contributed by atoms with Crippen molar-refractivity contribution in [2.24, 2.45) is 0 Å². The molecule has 0 aliphatic carbocycles. The predicted molar refractivity (Wildman–Crippen MR) is 104 cm³/mol. The molecule has 0 bridgehead atoms. The molecule has 0 aliphatic rings. The zero-order valence-electron chi connectivity index (χ0n) is 13.5. The highest BCUT2D eigenvalue weighted by atomic mass is 16.5. The fraction of sp³-hybridized carbons (Fsp3) is 0. The molecule has 0 saturated carbocycles. The van der Waals surface area contributed by atoms with Gasteiger partial charge in [0.25, 0.3) is 0 Å². The lowest BCUT2D eigenvalue weighted by molar-refractivity contribution is 0.278. The minimum Gasteiger partial charge on any atom is -0.402 e. The minimum absolute atomic E-state index is 0.824. The highest BCUT2D eigenvalue weighted by molar-refractivity contribution is 6.30. The van der Waals surface area contributed by atoms with Crippen LogP contribution in [0.3, 0.4) is 0 Å². The van der Waals surface area contributed by atoms with Gasteiger partial charge in [-0.05, 0) is 33.2 Å². The van der Waals surface area contributed by atoms with Crippen molar-refractivity contribution in [2.45, 2.75) is 0 Å². The van der Waals surface area contributed by atoms with E-state index < -0.39 is 7.32 Å². The van der Waals surface area contributed by atoms with Crippen LogP contribution in [-0.2, 0) is 0 Å². The fourth-order valence-corrected chi connectivity index (χ4v) is 3.03. The number of anilines is 1. The molecule has 0 aromatic heterocycles. The minimum atomic E-state index is -2.17. The topological polar surface area (TPSA) is 86.7 Å². The van der Waals surface area contributed by atoms with Gasteiger partial charge in [0.1, 0.15) is 0 Å². The lowest BCUT2D eigenvalue weighted by Gasteiger charge is -2.13. The maximum absolute atomic E-state index is 7.17. The number of nitrogens with two attached hydrogens (primary N) is 1. The van der Waals surface area contributed by atoms with E-state index in [9.17, 15) is 0 Å². The van der Waals surface area contributed by atoms with Crippen molar-refractivity contribution in [3.63, 3.8) is 0 Å². The van der Waals surface area contributed by atoms with E-state index in [4.69, 9.17) is 20.8 Å². The lowest BCUT2D eigenvalue weighted by atomic mass is 9.93. The quantitative estimate of drug-likeness (QED) is 0.319. The molecule has 0 aliphatic heterocycles. The highest BCUT2D eigenvalue weighted by Gasteiger charge is 2.10. The summed E-state index contributed by atoms with van der Waals surface area (Å²) >= 11 is 0. The first-order chi connectivity index (χ1) is 12.1. The van der Waals surface area contributed by atoms with Gasteiger partial charge in [-0.2, -0.15) is 0 Å². The van der Waals surface area contributed by atoms with E-state index in [-0.39, 0.29) is 0 Å². The Morgan fingerprint density at radius 3 is 1.80 bits per heavy atom. The summed E-state index contributed by atoms with van der Waals surface area (Å²) in [5.41, 5.74) is 9.46. The van der Waals surface area contributed by atoms with Gasteiger partial charge < -0.3 is 20.8 Å². The summed E-state index contributed by atoms with van der Waals surface area (Å²) in [6, 6.07) is 27.3. The van der Waals surface area contributed by atoms with Crippen LogP contribution >= 0.6 is 0 Å². The van der Waals surface area contributed by atoms with E-state index in [1.54, 1.807) is 0 Å². The molecule has 0 fully saturated rings. The molecule has 5 heteroatoms. The van der Waals surface area contributed by atoms with Crippen LogP contribution in [0, 0.1) is 0 Å². The van der Waals surface area contributed by atoms with Gasteiger partial charge in [-0.3, -0.25) is 0 Å². The van der Waals surface area contributed by atoms with Crippen LogP contribution in [-0.4, -0.2) is 22.4 Å². The van der Waals surface area contributed by atoms with Crippen LogP contribution in [0.25, 0.3) is 32.7 Å². The van der Waals surface area contributed by atoms with Crippen molar-refractivity contribution in [2.75, 3.05) is 5.73 Å². The van der Waals surface area contributed by atoms with Crippen LogP contribution in [0.2, 0.25) is 0 Å². The van der Waals surface area contributed by atoms with Gasteiger partial charge in [-0.25, -0.2) is 0 Å². The number of hydrogen-bond donors (Lipinski definition) is 4. The Hall–Kier alpha value is -2.86. The van der Waals surface area contributed by atoms with Crippen molar-refractivity contribution < 1.29 is 15.1 Å². The maximum atomic E-state index is 7.17. The molecule has 0 atom stereocenters. The number of nitrogen functional groups attached to an aromatic ring is 1. The normalized spacial score (nSPS) is 10.4. The lowest BCUT2D eigenvalue weighted by Crippen LogP contribution is -2.07. The predicted octanol–water partition coefficient (Wildman–Crippen LogP) is 3.19. The second-order valence-electron chi connectivity index (χ2n) is 5.62. The molecule has 0 unspecified atom stereocenters. The molecule has 0 amide bonds. The van der Waals surface area contributed by atoms with Crippen LogP contribution in [0.5, 0.6) is 0 Å². The summed E-state index contributed by atoms with van der Waals surface area (Å²) in [6.07, 6.45) is 0. The van der Waals surface area contributed by atoms with E-state index >= 15 is 0 Å². The molecule has 25 heavy (non-hydrogen) atoms. The first-order valence-electron chi connectivity index (χ1n) is 7.87. The Labute approximate surface area is 146 Å². The molecule has 5 N–H and O–H groups in total. The standard InChI is InChI=1S/C20H15N.BH3O3/c21-19-13-12-15-7-2-4-10-17(15)20(19)18-11-5-8-14-6-1-3-9-16(14)18;2-1(3)4/h1-13H,21H2;2-4H. The Bertz CT molecular complexity index is 1010. The van der Waals surface area contributed by atoms with E-state index in [1.807, 2.05) is 6.07 Å². The monoisotopic (exact) mass is 331 g/mol. The van der Waals surface area contributed by atoms with Gasteiger partial charge >= 0.3 is 7.32 Å². The Morgan fingerprint density at radius 1 is 0.600 bits per heavy atom. The van der Waals surface area contributed by atoms with Gasteiger partial charge in [0, 0.05) is 11.3 Å². The molecule has 4 aromatic rings. The van der Waals surface area contributed by atoms with Crippen molar-refractivity contribution in [1.82, 2.24) is 0 Å². The second-order valence-corrected chi connectivity index (χ2v) is 5.62. The summed E-state index contributed by atoms with van der Waals surface area (Å²) in [5, 5.41) is 26.4. The molecule has 124 valence electrons. The fourth-order valence-electron chi connectivity index (χ4n) is 3.03. The van der Waals surface area contributed by atoms with E-state index in [0.717, 1.165) is 11.3 Å². The maximum Gasteiger partial charge on any atom is 0.631 e. The van der Waals surface area contributed by atoms with E-state index in [1.165, 1.54) is 27.1 Å². The smallest absolute Gasteiger partial charge is 0.402 e. The summed E-state index contributed by atoms with van der Waals surface area (Å²) < 4.78 is 0. The van der Waals surface area contributed by atoms with Gasteiger partial charge in [0.2, 0.25) is 0 Å². The van der Waals surface area contributed by atoms with Gasteiger partial charge in [0.05, 0.1) is 0 Å². The van der Waals surface area contributed by atoms with Crippen molar-refractivity contribution in [3.05, 3.63) is 78.9 Å². The first-order valence-corrected chi connectivity index (χ1v) is 7.87. The molecule has 4 aromatic carbocycles. The van der Waals surface area contributed by atoms with Crippen LogP contribution in [0.1, 0.15) is 0 Å². The summed E-state index contributed by atoms with van der Waals surface area (Å²) in [7, 11) is -2.17. The third kappa shape index (κ3) is 3.64. The van der Waals surface area contributed by atoms with Crippen LogP contribution in [0.4, 0.5) is 5.69 Å². The third-order valence-corrected chi connectivity index (χ3v) is 4.02. The van der Waals surface area contributed by atoms with Crippen LogP contribution in [0.15, 0.2) is 78.9 Å². The van der Waals surface area contributed by atoms with Crippen molar-refractivity contribution >= 4 is 34.6 Å². The van der Waals surface area contributed by atoms with Crippen molar-refractivity contribution in [1.29, 1.82) is 0 Å². The molecule has 4 nitrogen and oxygen atoms in total. The van der Waals surface area contributed by atoms with E-state index in [2.05, 4.69) is 72.8 Å². The largest absolute Gasteiger partial charge is 0.631 e. The van der Waals surface area contributed by atoms with Crippen molar-refractivity contribution in [3.8, 4) is 11.1 Å². The molecule has 0 saturated heterocycles. The zero-order valence-corrected chi connectivity index (χ0v) is 13.5. The molecule has 0 heterocycles. The molecular weight excluding hydrogens is 313 g/mol. The molecular formula is C20H18BNO3. The number of benzene rings is 4. The van der Waals surface area contributed by atoms with Gasteiger partial charge in [-0.1, -0.05) is 72.8 Å². The summed E-state index contributed by atoms with van der Waals surface area (Å²) in [6.45, 7) is 0. The van der Waals surface area contributed by atoms with Gasteiger partial charge in [0.15, 0.2) is 0 Å².